The first kappa shape index (κ1) is 24.3. The average molecular weight is 455 g/mol. The van der Waals surface area contributed by atoms with Crippen LogP contribution in [-0.4, -0.2) is 53.0 Å². The Bertz CT molecular complexity index is 998. The third kappa shape index (κ3) is 5.34. The Balaban J connectivity index is 1.71. The number of aliphatic hydroxyl groups excluding tert-OH is 1. The molecule has 3 rings (SSSR count). The van der Waals surface area contributed by atoms with E-state index >= 15 is 0 Å². The van der Waals surface area contributed by atoms with E-state index in [4.69, 9.17) is 4.74 Å². The van der Waals surface area contributed by atoms with E-state index in [1.165, 1.54) is 6.92 Å². The largest absolute Gasteiger partial charge is 0.480 e. The van der Waals surface area contributed by atoms with Gasteiger partial charge in [0.25, 0.3) is 0 Å². The number of ether oxygens (including phenoxy) is 1. The first-order valence-corrected chi connectivity index (χ1v) is 10.8. The molecule has 2 aromatic carbocycles. The van der Waals surface area contributed by atoms with Gasteiger partial charge in [-0.25, -0.2) is 9.59 Å². The van der Waals surface area contributed by atoms with Crippen molar-refractivity contribution < 1.29 is 29.3 Å². The molecule has 4 N–H and O–H groups in total. The van der Waals surface area contributed by atoms with Gasteiger partial charge in [-0.15, -0.1) is 0 Å². The number of carboxylic acids is 1. The standard InChI is InChI=1S/C25H30N2O6/c1-14(28)20(23(30)31)26-22(29)21(25(2,3)4)27-24(32)33-13-19-17-11-7-5-9-15(17)16-10-6-8-12-18(16)19/h5-12,14,19-21,28H,13H2,1-4H3,(H,26,29)(H,27,32)(H,30,31). The van der Waals surface area contributed by atoms with Gasteiger partial charge in [0.2, 0.25) is 5.91 Å². The highest BCUT2D eigenvalue weighted by molar-refractivity contribution is 5.90. The summed E-state index contributed by atoms with van der Waals surface area (Å²) in [6.45, 7) is 6.56. The summed E-state index contributed by atoms with van der Waals surface area (Å²) in [6, 6.07) is 13.3. The molecular weight excluding hydrogens is 424 g/mol. The maximum Gasteiger partial charge on any atom is 0.407 e. The van der Waals surface area contributed by atoms with Crippen LogP contribution in [0.2, 0.25) is 0 Å². The normalized spacial score (nSPS) is 15.5. The van der Waals surface area contributed by atoms with Crippen LogP contribution in [0.5, 0.6) is 0 Å². The lowest BCUT2D eigenvalue weighted by molar-refractivity contribution is -0.145. The fourth-order valence-electron chi connectivity index (χ4n) is 4.06. The second-order valence-corrected chi connectivity index (χ2v) is 9.33. The van der Waals surface area contributed by atoms with Crippen LogP contribution in [-0.2, 0) is 14.3 Å². The number of carboxylic acid groups (broad SMARTS) is 1. The second kappa shape index (κ2) is 9.62. The van der Waals surface area contributed by atoms with Gasteiger partial charge in [0, 0.05) is 5.92 Å². The summed E-state index contributed by atoms with van der Waals surface area (Å²) in [5, 5.41) is 23.8. The average Bonchev–Trinajstić information content (AvgIpc) is 3.06. The Morgan fingerprint density at radius 1 is 0.970 bits per heavy atom. The van der Waals surface area contributed by atoms with Crippen LogP contribution in [0, 0.1) is 5.41 Å². The van der Waals surface area contributed by atoms with Crippen molar-refractivity contribution in [2.75, 3.05) is 6.61 Å². The fraction of sp³-hybridized carbons (Fsp3) is 0.400. The molecule has 0 aromatic heterocycles. The van der Waals surface area contributed by atoms with Gasteiger partial charge in [-0.2, -0.15) is 0 Å². The number of alkyl carbamates (subject to hydrolysis) is 1. The number of nitrogens with one attached hydrogen (secondary N) is 2. The number of benzene rings is 2. The molecule has 0 bridgehead atoms. The van der Waals surface area contributed by atoms with Crippen molar-refractivity contribution in [1.29, 1.82) is 0 Å². The molecule has 0 spiro atoms. The van der Waals surface area contributed by atoms with E-state index in [1.807, 2.05) is 48.5 Å². The van der Waals surface area contributed by atoms with Crippen LogP contribution in [0.4, 0.5) is 4.79 Å². The zero-order chi connectivity index (χ0) is 24.3. The first-order valence-electron chi connectivity index (χ1n) is 10.8. The molecule has 8 heteroatoms. The van der Waals surface area contributed by atoms with Gasteiger partial charge in [0.15, 0.2) is 6.04 Å². The van der Waals surface area contributed by atoms with Crippen molar-refractivity contribution >= 4 is 18.0 Å². The summed E-state index contributed by atoms with van der Waals surface area (Å²) < 4.78 is 5.52. The zero-order valence-corrected chi connectivity index (χ0v) is 19.2. The van der Waals surface area contributed by atoms with Crippen LogP contribution >= 0.6 is 0 Å². The smallest absolute Gasteiger partial charge is 0.407 e. The van der Waals surface area contributed by atoms with Crippen LogP contribution in [0.1, 0.15) is 44.7 Å². The Morgan fingerprint density at radius 3 is 1.94 bits per heavy atom. The Kier molecular flexibility index (Phi) is 7.07. The molecule has 1 aliphatic carbocycles. The molecule has 0 aliphatic heterocycles. The summed E-state index contributed by atoms with van der Waals surface area (Å²) in [5.74, 6) is -2.21. The molecule has 176 valence electrons. The van der Waals surface area contributed by atoms with E-state index < -0.39 is 41.6 Å². The minimum absolute atomic E-state index is 0.0871. The molecular formula is C25H30N2O6. The van der Waals surface area contributed by atoms with Crippen LogP contribution in [0.25, 0.3) is 11.1 Å². The molecule has 2 amide bonds. The number of aliphatic hydroxyl groups is 1. The number of carbonyl (C=O) groups excluding carboxylic acids is 2. The molecule has 2 aromatic rings. The summed E-state index contributed by atoms with van der Waals surface area (Å²) in [4.78, 5) is 36.8. The van der Waals surface area contributed by atoms with Crippen LogP contribution in [0.3, 0.4) is 0 Å². The van der Waals surface area contributed by atoms with E-state index in [9.17, 15) is 24.6 Å². The minimum Gasteiger partial charge on any atom is -0.480 e. The number of fused-ring (bicyclic) bond motifs is 3. The Hall–Kier alpha value is -3.39. The Labute approximate surface area is 193 Å². The van der Waals surface area contributed by atoms with Crippen LogP contribution < -0.4 is 10.6 Å². The van der Waals surface area contributed by atoms with Crippen molar-refractivity contribution in [2.24, 2.45) is 5.41 Å². The van der Waals surface area contributed by atoms with E-state index in [1.54, 1.807) is 20.8 Å². The van der Waals surface area contributed by atoms with Crippen molar-refractivity contribution in [3.63, 3.8) is 0 Å². The molecule has 1 aliphatic rings. The third-order valence-electron chi connectivity index (χ3n) is 5.78. The van der Waals surface area contributed by atoms with Crippen LogP contribution in [0.15, 0.2) is 48.5 Å². The number of carbonyl (C=O) groups is 3. The van der Waals surface area contributed by atoms with E-state index in [0.29, 0.717) is 0 Å². The lowest BCUT2D eigenvalue weighted by Gasteiger charge is -2.31. The van der Waals surface area contributed by atoms with Gasteiger partial charge < -0.3 is 25.6 Å². The maximum atomic E-state index is 12.8. The van der Waals surface area contributed by atoms with E-state index in [-0.39, 0.29) is 12.5 Å². The number of hydrogen-bond acceptors (Lipinski definition) is 5. The highest BCUT2D eigenvalue weighted by Crippen LogP contribution is 2.44. The summed E-state index contributed by atoms with van der Waals surface area (Å²) >= 11 is 0. The molecule has 0 heterocycles. The number of hydrogen-bond donors (Lipinski definition) is 4. The number of amides is 2. The quantitative estimate of drug-likeness (QED) is 0.510. The topological polar surface area (TPSA) is 125 Å². The second-order valence-electron chi connectivity index (χ2n) is 9.33. The molecule has 0 saturated carbocycles. The highest BCUT2D eigenvalue weighted by atomic mass is 16.5. The van der Waals surface area contributed by atoms with Crippen molar-refractivity contribution in [3.8, 4) is 11.1 Å². The fourth-order valence-corrected chi connectivity index (χ4v) is 4.06. The predicted octanol–water partition coefficient (Wildman–Crippen LogP) is 2.89. The maximum absolute atomic E-state index is 12.8. The lowest BCUT2D eigenvalue weighted by Crippen LogP contribution is -2.58. The van der Waals surface area contributed by atoms with Crippen molar-refractivity contribution in [2.45, 2.75) is 51.8 Å². The van der Waals surface area contributed by atoms with Crippen molar-refractivity contribution in [1.82, 2.24) is 10.6 Å². The molecule has 3 atom stereocenters. The first-order chi connectivity index (χ1) is 15.5. The third-order valence-corrected chi connectivity index (χ3v) is 5.78. The van der Waals surface area contributed by atoms with E-state index in [0.717, 1.165) is 22.3 Å². The summed E-state index contributed by atoms with van der Waals surface area (Å²) in [6.07, 6.45) is -2.09. The SMILES string of the molecule is CC(O)C(NC(=O)C(NC(=O)OCC1c2ccccc2-c2ccccc21)C(C)(C)C)C(=O)O. The highest BCUT2D eigenvalue weighted by Gasteiger charge is 2.37. The van der Waals surface area contributed by atoms with E-state index in [2.05, 4.69) is 10.6 Å². The Morgan fingerprint density at radius 2 is 1.48 bits per heavy atom. The van der Waals surface area contributed by atoms with Gasteiger partial charge in [-0.3, -0.25) is 4.79 Å². The molecule has 33 heavy (non-hydrogen) atoms. The number of rotatable bonds is 7. The van der Waals surface area contributed by atoms with Gasteiger partial charge in [-0.1, -0.05) is 69.3 Å². The zero-order valence-electron chi connectivity index (χ0n) is 19.2. The molecule has 8 nitrogen and oxygen atoms in total. The predicted molar refractivity (Wildman–Crippen MR) is 123 cm³/mol. The number of aliphatic carboxylic acids is 1. The van der Waals surface area contributed by atoms with Gasteiger partial charge in [0.1, 0.15) is 12.6 Å². The summed E-state index contributed by atoms with van der Waals surface area (Å²) in [7, 11) is 0. The molecule has 0 fully saturated rings. The lowest BCUT2D eigenvalue weighted by atomic mass is 9.86. The van der Waals surface area contributed by atoms with Gasteiger partial charge in [-0.05, 0) is 34.6 Å². The van der Waals surface area contributed by atoms with Crippen molar-refractivity contribution in [3.05, 3.63) is 59.7 Å². The van der Waals surface area contributed by atoms with Gasteiger partial charge in [0.05, 0.1) is 6.10 Å². The molecule has 0 radical (unpaired) electrons. The summed E-state index contributed by atoms with van der Waals surface area (Å²) in [5.41, 5.74) is 3.60. The minimum atomic E-state index is -1.49. The van der Waals surface area contributed by atoms with Gasteiger partial charge >= 0.3 is 12.1 Å². The molecule has 3 unspecified atom stereocenters. The monoisotopic (exact) mass is 454 g/mol. The molecule has 0 saturated heterocycles.